The highest BCUT2D eigenvalue weighted by atomic mass is 16.5. The highest BCUT2D eigenvalue weighted by Crippen LogP contribution is 2.33. The first-order chi connectivity index (χ1) is 11.5. The van der Waals surface area contributed by atoms with Crippen molar-refractivity contribution < 1.29 is 14.1 Å². The van der Waals surface area contributed by atoms with Gasteiger partial charge in [0.2, 0.25) is 0 Å². The van der Waals surface area contributed by atoms with Crippen LogP contribution in [0.15, 0.2) is 22.7 Å². The number of carbonyl (C=O) groups is 1. The molecule has 0 aliphatic carbocycles. The number of urea groups is 1. The summed E-state index contributed by atoms with van der Waals surface area (Å²) in [6.45, 7) is 8.25. The maximum absolute atomic E-state index is 12.5. The fourth-order valence-corrected chi connectivity index (χ4v) is 3.18. The summed E-state index contributed by atoms with van der Waals surface area (Å²) in [4.78, 5) is 12.5. The number of ether oxygens (including phenoxy) is 1. The lowest BCUT2D eigenvalue weighted by Crippen LogP contribution is -2.40. The first kappa shape index (κ1) is 16.4. The quantitative estimate of drug-likeness (QED) is 0.900. The Morgan fingerprint density at radius 3 is 2.83 bits per heavy atom. The summed E-state index contributed by atoms with van der Waals surface area (Å²) in [6.07, 6.45) is 0.757. The minimum absolute atomic E-state index is 0.129. The molecular formula is C18H23N3O3. The average molecular weight is 329 g/mol. The second-order valence-corrected chi connectivity index (χ2v) is 6.22. The van der Waals surface area contributed by atoms with E-state index in [2.05, 4.69) is 21.9 Å². The van der Waals surface area contributed by atoms with Gasteiger partial charge in [0.1, 0.15) is 18.1 Å². The average Bonchev–Trinajstić information content (AvgIpc) is 3.09. The second kappa shape index (κ2) is 6.55. The molecule has 1 aromatic heterocycles. The highest BCUT2D eigenvalue weighted by molar-refractivity contribution is 5.75. The first-order valence-corrected chi connectivity index (χ1v) is 8.22. The molecule has 1 aliphatic heterocycles. The Labute approximate surface area is 141 Å². The molecule has 24 heavy (non-hydrogen) atoms. The van der Waals surface area contributed by atoms with Gasteiger partial charge >= 0.3 is 6.03 Å². The van der Waals surface area contributed by atoms with E-state index in [0.717, 1.165) is 40.3 Å². The molecule has 3 rings (SSSR count). The van der Waals surface area contributed by atoms with Crippen molar-refractivity contribution in [1.82, 2.24) is 15.8 Å². The number of rotatable bonds is 4. The number of carbonyl (C=O) groups excluding carboxylic acids is 1. The van der Waals surface area contributed by atoms with E-state index in [4.69, 9.17) is 9.26 Å². The predicted octanol–water partition coefficient (Wildman–Crippen LogP) is 3.48. The van der Waals surface area contributed by atoms with Crippen molar-refractivity contribution in [3.05, 3.63) is 46.3 Å². The van der Waals surface area contributed by atoms with E-state index in [-0.39, 0.29) is 18.1 Å². The van der Waals surface area contributed by atoms with Gasteiger partial charge in [-0.15, -0.1) is 0 Å². The number of hydrogen-bond donors (Lipinski definition) is 2. The van der Waals surface area contributed by atoms with E-state index >= 15 is 0 Å². The normalized spacial score (nSPS) is 17.1. The highest BCUT2D eigenvalue weighted by Gasteiger charge is 2.27. The molecule has 2 N–H and O–H groups in total. The third kappa shape index (κ3) is 3.09. The Balaban J connectivity index is 1.69. The molecule has 0 radical (unpaired) electrons. The van der Waals surface area contributed by atoms with Gasteiger partial charge in [-0.3, -0.25) is 0 Å². The Hall–Kier alpha value is -2.50. The zero-order valence-electron chi connectivity index (χ0n) is 14.5. The Morgan fingerprint density at radius 2 is 2.17 bits per heavy atom. The standard InChI is InChI=1S/C18H23N3O3/c1-5-14(17-11(3)21-24-12(17)4)19-18(22)20-15-9-23-16-7-6-10(2)8-13(15)16/h6-8,14-15H,5,9H2,1-4H3,(H2,19,20,22)/t14-,15-/m0/s1. The van der Waals surface area contributed by atoms with Crippen molar-refractivity contribution in [1.29, 1.82) is 0 Å². The number of amides is 2. The van der Waals surface area contributed by atoms with Gasteiger partial charge in [-0.05, 0) is 33.3 Å². The zero-order valence-corrected chi connectivity index (χ0v) is 14.5. The van der Waals surface area contributed by atoms with Gasteiger partial charge in [-0.1, -0.05) is 29.8 Å². The van der Waals surface area contributed by atoms with Crippen molar-refractivity contribution >= 4 is 6.03 Å². The molecule has 1 aromatic carbocycles. The number of nitrogens with zero attached hydrogens (tertiary/aromatic N) is 1. The van der Waals surface area contributed by atoms with Gasteiger partial charge in [0, 0.05) is 11.1 Å². The van der Waals surface area contributed by atoms with Crippen molar-refractivity contribution in [3.8, 4) is 5.75 Å². The van der Waals surface area contributed by atoms with Crippen molar-refractivity contribution in [3.63, 3.8) is 0 Å². The largest absolute Gasteiger partial charge is 0.491 e. The van der Waals surface area contributed by atoms with E-state index < -0.39 is 0 Å². The summed E-state index contributed by atoms with van der Waals surface area (Å²) in [5.74, 6) is 1.58. The van der Waals surface area contributed by atoms with Crippen molar-refractivity contribution in [2.24, 2.45) is 0 Å². The Bertz CT molecular complexity index is 734. The maximum Gasteiger partial charge on any atom is 0.315 e. The summed E-state index contributed by atoms with van der Waals surface area (Å²) in [5, 5.41) is 9.99. The minimum Gasteiger partial charge on any atom is -0.491 e. The molecule has 0 saturated heterocycles. The summed E-state index contributed by atoms with van der Waals surface area (Å²) in [5.41, 5.74) is 3.93. The molecule has 2 atom stereocenters. The van der Waals surface area contributed by atoms with Crippen LogP contribution in [0.25, 0.3) is 0 Å². The van der Waals surface area contributed by atoms with E-state index in [1.807, 2.05) is 39.8 Å². The number of hydrogen-bond acceptors (Lipinski definition) is 4. The molecule has 2 heterocycles. The number of aromatic nitrogens is 1. The van der Waals surface area contributed by atoms with Gasteiger partial charge < -0.3 is 19.9 Å². The zero-order chi connectivity index (χ0) is 17.3. The lowest BCUT2D eigenvalue weighted by atomic mass is 10.0. The van der Waals surface area contributed by atoms with Crippen LogP contribution in [-0.2, 0) is 0 Å². The third-order valence-electron chi connectivity index (χ3n) is 4.40. The fourth-order valence-electron chi connectivity index (χ4n) is 3.18. The number of fused-ring (bicyclic) bond motifs is 1. The van der Waals surface area contributed by atoms with Crippen LogP contribution in [0.5, 0.6) is 5.75 Å². The number of aryl methyl sites for hydroxylation is 3. The Morgan fingerprint density at radius 1 is 1.38 bits per heavy atom. The van der Waals surface area contributed by atoms with Crippen LogP contribution in [-0.4, -0.2) is 17.8 Å². The molecular weight excluding hydrogens is 306 g/mol. The molecule has 2 aromatic rings. The van der Waals surface area contributed by atoms with Crippen LogP contribution >= 0.6 is 0 Å². The molecule has 6 heteroatoms. The van der Waals surface area contributed by atoms with Gasteiger partial charge in [0.25, 0.3) is 0 Å². The predicted molar refractivity (Wildman–Crippen MR) is 90.1 cm³/mol. The molecule has 0 fully saturated rings. The molecule has 2 amide bonds. The van der Waals surface area contributed by atoms with Crippen molar-refractivity contribution in [2.75, 3.05) is 6.61 Å². The molecule has 0 unspecified atom stereocenters. The van der Waals surface area contributed by atoms with Gasteiger partial charge in [-0.25, -0.2) is 4.79 Å². The lowest BCUT2D eigenvalue weighted by Gasteiger charge is -2.19. The molecule has 128 valence electrons. The smallest absolute Gasteiger partial charge is 0.315 e. The molecule has 0 spiro atoms. The lowest BCUT2D eigenvalue weighted by molar-refractivity contribution is 0.228. The van der Waals surface area contributed by atoms with Crippen LogP contribution in [0, 0.1) is 20.8 Å². The SMILES string of the molecule is CC[C@H](NC(=O)N[C@H]1COc2ccc(C)cc21)c1c(C)noc1C. The van der Waals surface area contributed by atoms with Crippen LogP contribution in [0.1, 0.15) is 53.6 Å². The molecule has 0 saturated carbocycles. The van der Waals surface area contributed by atoms with Crippen LogP contribution in [0.4, 0.5) is 4.79 Å². The van der Waals surface area contributed by atoms with Crippen LogP contribution in [0.3, 0.4) is 0 Å². The summed E-state index contributed by atoms with van der Waals surface area (Å²) < 4.78 is 10.9. The van der Waals surface area contributed by atoms with Crippen LogP contribution < -0.4 is 15.4 Å². The van der Waals surface area contributed by atoms with E-state index in [1.165, 1.54) is 0 Å². The van der Waals surface area contributed by atoms with E-state index in [1.54, 1.807) is 0 Å². The number of benzene rings is 1. The third-order valence-corrected chi connectivity index (χ3v) is 4.40. The van der Waals surface area contributed by atoms with Crippen molar-refractivity contribution in [2.45, 2.75) is 46.2 Å². The first-order valence-electron chi connectivity index (χ1n) is 8.22. The topological polar surface area (TPSA) is 76.4 Å². The van der Waals surface area contributed by atoms with Gasteiger partial charge in [-0.2, -0.15) is 0 Å². The summed E-state index contributed by atoms with van der Waals surface area (Å²) in [7, 11) is 0. The van der Waals surface area contributed by atoms with Crippen LogP contribution in [0.2, 0.25) is 0 Å². The van der Waals surface area contributed by atoms with Gasteiger partial charge in [0.15, 0.2) is 0 Å². The molecule has 6 nitrogen and oxygen atoms in total. The fraction of sp³-hybridized carbons (Fsp3) is 0.444. The second-order valence-electron chi connectivity index (χ2n) is 6.22. The van der Waals surface area contributed by atoms with Gasteiger partial charge in [0.05, 0.1) is 17.8 Å². The summed E-state index contributed by atoms with van der Waals surface area (Å²) in [6, 6.07) is 5.52. The summed E-state index contributed by atoms with van der Waals surface area (Å²) >= 11 is 0. The maximum atomic E-state index is 12.5. The minimum atomic E-state index is -0.218. The Kier molecular flexibility index (Phi) is 4.46. The molecule has 1 aliphatic rings. The van der Waals surface area contributed by atoms with E-state index in [9.17, 15) is 4.79 Å². The number of nitrogens with one attached hydrogen (secondary N) is 2. The molecule has 0 bridgehead atoms. The van der Waals surface area contributed by atoms with E-state index in [0.29, 0.717) is 6.61 Å². The monoisotopic (exact) mass is 329 g/mol.